The van der Waals surface area contributed by atoms with Crippen molar-refractivity contribution in [2.75, 3.05) is 27.3 Å². The third-order valence-electron chi connectivity index (χ3n) is 5.98. The number of methoxy groups -OCH3 is 2. The highest BCUT2D eigenvalue weighted by atomic mass is 16.5. The van der Waals surface area contributed by atoms with Crippen molar-refractivity contribution in [3.05, 3.63) is 23.8 Å². The summed E-state index contributed by atoms with van der Waals surface area (Å²) in [5.41, 5.74) is 1.15. The molecule has 1 aromatic rings. The fourth-order valence-corrected chi connectivity index (χ4v) is 4.63. The molecule has 5 nitrogen and oxygen atoms in total. The van der Waals surface area contributed by atoms with Crippen LogP contribution in [0.3, 0.4) is 0 Å². The van der Waals surface area contributed by atoms with E-state index in [0.29, 0.717) is 18.6 Å². The number of benzene rings is 1. The molecule has 1 amide bonds. The molecule has 0 N–H and O–H groups in total. The fraction of sp³-hybridized carbons (Fsp3) is 0.667. The molecule has 3 atom stereocenters. The maximum Gasteiger partial charge on any atom is 0.237 e. The van der Waals surface area contributed by atoms with Gasteiger partial charge in [0.2, 0.25) is 5.91 Å². The van der Waals surface area contributed by atoms with E-state index in [2.05, 4.69) is 29.7 Å². The summed E-state index contributed by atoms with van der Waals surface area (Å²) in [6, 6.07) is 6.92. The van der Waals surface area contributed by atoms with Gasteiger partial charge in [-0.1, -0.05) is 6.07 Å². The predicted octanol–water partition coefficient (Wildman–Crippen LogP) is 3.63. The molecule has 3 rings (SSSR count). The molecule has 2 saturated heterocycles. The highest BCUT2D eigenvalue weighted by Gasteiger charge is 2.34. The maximum atomic E-state index is 13.0. The second-order valence-corrected chi connectivity index (χ2v) is 7.67. The van der Waals surface area contributed by atoms with Gasteiger partial charge in [0, 0.05) is 29.8 Å². The summed E-state index contributed by atoms with van der Waals surface area (Å²) < 4.78 is 10.9. The van der Waals surface area contributed by atoms with E-state index in [9.17, 15) is 4.79 Å². The Bertz CT molecular complexity index is 624. The lowest BCUT2D eigenvalue weighted by atomic mass is 9.97. The zero-order chi connectivity index (χ0) is 18.7. The van der Waals surface area contributed by atoms with Crippen LogP contribution in [0.2, 0.25) is 0 Å². The van der Waals surface area contributed by atoms with E-state index in [1.54, 1.807) is 14.2 Å². The standard InChI is InChI=1S/C21H32N2O3/c1-15-7-5-8-16(2)23(15)21(24)14-22-12-6-9-19(22)18-11-10-17(25-3)13-20(18)26-4/h10-11,13,15-16,19H,5-9,12,14H2,1-4H3/t15-,16-,19+/m1/s1. The lowest BCUT2D eigenvalue weighted by Crippen LogP contribution is -2.51. The van der Waals surface area contributed by atoms with Crippen molar-refractivity contribution in [2.24, 2.45) is 0 Å². The Hall–Kier alpha value is -1.75. The van der Waals surface area contributed by atoms with Crippen LogP contribution in [0.25, 0.3) is 0 Å². The third-order valence-corrected chi connectivity index (χ3v) is 5.98. The maximum absolute atomic E-state index is 13.0. The highest BCUT2D eigenvalue weighted by Crippen LogP contribution is 2.38. The summed E-state index contributed by atoms with van der Waals surface area (Å²) in [6.07, 6.45) is 5.62. The van der Waals surface area contributed by atoms with E-state index >= 15 is 0 Å². The molecule has 0 saturated carbocycles. The number of likely N-dealkylation sites (tertiary alicyclic amines) is 2. The van der Waals surface area contributed by atoms with Gasteiger partial charge in [-0.15, -0.1) is 0 Å². The Labute approximate surface area is 157 Å². The van der Waals surface area contributed by atoms with Crippen LogP contribution in [-0.2, 0) is 4.79 Å². The van der Waals surface area contributed by atoms with Gasteiger partial charge in [0.05, 0.1) is 20.8 Å². The lowest BCUT2D eigenvalue weighted by molar-refractivity contribution is -0.138. The molecule has 26 heavy (non-hydrogen) atoms. The van der Waals surface area contributed by atoms with Crippen molar-refractivity contribution in [3.63, 3.8) is 0 Å². The zero-order valence-electron chi connectivity index (χ0n) is 16.5. The Balaban J connectivity index is 1.75. The molecule has 5 heteroatoms. The molecule has 144 valence electrons. The fourth-order valence-electron chi connectivity index (χ4n) is 4.63. The Morgan fingerprint density at radius 3 is 2.46 bits per heavy atom. The topological polar surface area (TPSA) is 42.0 Å². The predicted molar refractivity (Wildman–Crippen MR) is 103 cm³/mol. The van der Waals surface area contributed by atoms with E-state index in [1.165, 1.54) is 6.42 Å². The van der Waals surface area contributed by atoms with E-state index < -0.39 is 0 Å². The van der Waals surface area contributed by atoms with Gasteiger partial charge in [-0.3, -0.25) is 9.69 Å². The number of hydrogen-bond acceptors (Lipinski definition) is 4. The first-order valence-corrected chi connectivity index (χ1v) is 9.82. The normalized spacial score (nSPS) is 26.8. The molecule has 0 radical (unpaired) electrons. The van der Waals surface area contributed by atoms with Crippen LogP contribution >= 0.6 is 0 Å². The number of rotatable bonds is 5. The molecular weight excluding hydrogens is 328 g/mol. The van der Waals surface area contributed by atoms with E-state index in [1.807, 2.05) is 12.1 Å². The first-order chi connectivity index (χ1) is 12.5. The van der Waals surface area contributed by atoms with Crippen LogP contribution < -0.4 is 9.47 Å². The summed E-state index contributed by atoms with van der Waals surface area (Å²) in [5, 5.41) is 0. The van der Waals surface area contributed by atoms with Crippen molar-refractivity contribution in [1.29, 1.82) is 0 Å². The number of amides is 1. The minimum Gasteiger partial charge on any atom is -0.497 e. The number of piperidine rings is 1. The first-order valence-electron chi connectivity index (χ1n) is 9.82. The Morgan fingerprint density at radius 2 is 1.81 bits per heavy atom. The minimum atomic E-state index is 0.232. The Morgan fingerprint density at radius 1 is 1.08 bits per heavy atom. The van der Waals surface area contributed by atoms with Crippen molar-refractivity contribution in [3.8, 4) is 11.5 Å². The van der Waals surface area contributed by atoms with Crippen molar-refractivity contribution < 1.29 is 14.3 Å². The van der Waals surface area contributed by atoms with Gasteiger partial charge in [0.15, 0.2) is 0 Å². The van der Waals surface area contributed by atoms with Gasteiger partial charge >= 0.3 is 0 Å². The lowest BCUT2D eigenvalue weighted by Gasteiger charge is -2.40. The summed E-state index contributed by atoms with van der Waals surface area (Å²) in [5.74, 6) is 1.90. The average molecular weight is 360 g/mol. The quantitative estimate of drug-likeness (QED) is 0.804. The van der Waals surface area contributed by atoms with Crippen molar-refractivity contribution in [1.82, 2.24) is 9.80 Å². The van der Waals surface area contributed by atoms with Gasteiger partial charge in [-0.2, -0.15) is 0 Å². The summed E-state index contributed by atoms with van der Waals surface area (Å²) in [4.78, 5) is 17.5. The molecular formula is C21H32N2O3. The molecule has 0 aliphatic carbocycles. The second kappa shape index (κ2) is 8.30. The van der Waals surface area contributed by atoms with Gasteiger partial charge in [0.25, 0.3) is 0 Å². The number of hydrogen-bond donors (Lipinski definition) is 0. The average Bonchev–Trinajstić information content (AvgIpc) is 3.08. The molecule has 0 unspecified atom stereocenters. The monoisotopic (exact) mass is 360 g/mol. The molecule has 0 aromatic heterocycles. The van der Waals surface area contributed by atoms with Crippen LogP contribution in [0, 0.1) is 0 Å². The Kier molecular flexibility index (Phi) is 6.07. The first kappa shape index (κ1) is 19.0. The van der Waals surface area contributed by atoms with Crippen molar-refractivity contribution in [2.45, 2.75) is 64.1 Å². The van der Waals surface area contributed by atoms with Crippen LogP contribution in [0.4, 0.5) is 0 Å². The summed E-state index contributed by atoms with van der Waals surface area (Å²) >= 11 is 0. The van der Waals surface area contributed by atoms with Crippen LogP contribution in [0.15, 0.2) is 18.2 Å². The summed E-state index contributed by atoms with van der Waals surface area (Å²) in [6.45, 7) is 5.82. The summed E-state index contributed by atoms with van der Waals surface area (Å²) in [7, 11) is 3.36. The molecule has 0 bridgehead atoms. The number of carbonyl (C=O) groups excluding carboxylic acids is 1. The van der Waals surface area contributed by atoms with Crippen LogP contribution in [0.1, 0.15) is 57.6 Å². The smallest absolute Gasteiger partial charge is 0.237 e. The molecule has 2 aliphatic heterocycles. The number of nitrogens with zero attached hydrogens (tertiary/aromatic N) is 2. The van der Waals surface area contributed by atoms with E-state index in [-0.39, 0.29) is 11.9 Å². The van der Waals surface area contributed by atoms with Crippen LogP contribution in [0.5, 0.6) is 11.5 Å². The van der Waals surface area contributed by atoms with Gasteiger partial charge in [-0.05, 0) is 58.6 Å². The third kappa shape index (κ3) is 3.83. The van der Waals surface area contributed by atoms with Gasteiger partial charge < -0.3 is 14.4 Å². The zero-order valence-corrected chi connectivity index (χ0v) is 16.5. The van der Waals surface area contributed by atoms with Gasteiger partial charge in [0.1, 0.15) is 11.5 Å². The largest absolute Gasteiger partial charge is 0.497 e. The highest BCUT2D eigenvalue weighted by molar-refractivity contribution is 5.79. The molecule has 0 spiro atoms. The number of carbonyl (C=O) groups is 1. The van der Waals surface area contributed by atoms with E-state index in [4.69, 9.17) is 9.47 Å². The second-order valence-electron chi connectivity index (χ2n) is 7.67. The number of ether oxygens (including phenoxy) is 2. The van der Waals surface area contributed by atoms with Crippen LogP contribution in [-0.4, -0.2) is 55.1 Å². The van der Waals surface area contributed by atoms with Gasteiger partial charge in [-0.25, -0.2) is 0 Å². The molecule has 2 fully saturated rings. The SMILES string of the molecule is COc1ccc([C@@H]2CCCN2CC(=O)N2[C@H](C)CCC[C@H]2C)c(OC)c1. The molecule has 2 heterocycles. The minimum absolute atomic E-state index is 0.232. The molecule has 1 aromatic carbocycles. The van der Waals surface area contributed by atoms with E-state index in [0.717, 1.165) is 49.3 Å². The van der Waals surface area contributed by atoms with Crippen molar-refractivity contribution >= 4 is 5.91 Å². The molecule has 2 aliphatic rings.